The molecule has 0 unspecified atom stereocenters. The Balaban J connectivity index is 0.000000200. The molecule has 6 aromatic heterocycles. The van der Waals surface area contributed by atoms with Crippen molar-refractivity contribution in [3.05, 3.63) is 312 Å². The van der Waals surface area contributed by atoms with Gasteiger partial charge >= 0.3 is 42.1 Å². The van der Waals surface area contributed by atoms with Gasteiger partial charge in [-0.25, -0.2) is 20.7 Å². The van der Waals surface area contributed by atoms with Crippen LogP contribution in [0.1, 0.15) is 156 Å². The van der Waals surface area contributed by atoms with Gasteiger partial charge in [0, 0.05) is 69.8 Å². The Morgan fingerprint density at radius 1 is 0.290 bits per heavy atom. The molecule has 14 rings (SSSR count). The van der Waals surface area contributed by atoms with Crippen LogP contribution in [0.25, 0.3) is 55.0 Å². The molecule has 8 nitrogen and oxygen atoms in total. The molecule has 100 heavy (non-hydrogen) atoms. The summed E-state index contributed by atoms with van der Waals surface area (Å²) in [7, 11) is 0. The molecule has 6 heterocycles. The first-order valence-corrected chi connectivity index (χ1v) is 34.2. The first-order valence-electron chi connectivity index (χ1n) is 34.2. The van der Waals surface area contributed by atoms with Crippen LogP contribution in [0.2, 0.25) is 0 Å². The van der Waals surface area contributed by atoms with Gasteiger partial charge in [0.05, 0.1) is 0 Å². The summed E-state index contributed by atoms with van der Waals surface area (Å²) in [6, 6.07) is 92.5. The molecule has 0 aliphatic heterocycles. The molecule has 0 radical (unpaired) electrons. The van der Waals surface area contributed by atoms with E-state index in [0.717, 1.165) is 112 Å². The predicted octanol–water partition coefficient (Wildman–Crippen LogP) is 23.1. The molecule has 0 aliphatic rings. The largest absolute Gasteiger partial charge is 2.00 e. The second-order valence-electron chi connectivity index (χ2n) is 31.1. The summed E-state index contributed by atoms with van der Waals surface area (Å²) in [5.74, 6) is 1.69. The van der Waals surface area contributed by atoms with Gasteiger partial charge in [-0.3, -0.25) is 9.97 Å². The molecule has 14 aromatic rings. The number of nitrogens with zero attached hydrogens (tertiary/aromatic N) is 8. The third-order valence-electron chi connectivity index (χ3n) is 19.2. The summed E-state index contributed by atoms with van der Waals surface area (Å²) in [5.41, 5.74) is 19.0. The molecule has 0 spiro atoms. The van der Waals surface area contributed by atoms with Crippen molar-refractivity contribution in [1.82, 2.24) is 29.1 Å². The van der Waals surface area contributed by atoms with Gasteiger partial charge in [0.25, 0.3) is 0 Å². The fraction of sp³-hybridized carbons (Fsp3) is 0.244. The van der Waals surface area contributed by atoms with Crippen molar-refractivity contribution in [2.75, 3.05) is 9.80 Å². The summed E-state index contributed by atoms with van der Waals surface area (Å²) < 4.78 is 4.64. The molecule has 0 saturated heterocycles. The molecule has 0 aliphatic carbocycles. The molecule has 8 aromatic carbocycles. The Bertz CT molecular complexity index is 4920. The zero-order valence-corrected chi connectivity index (χ0v) is 64.8. The number of aromatic nitrogens is 6. The van der Waals surface area contributed by atoms with E-state index in [1.807, 2.05) is 36.9 Å². The minimum absolute atomic E-state index is 0. The van der Waals surface area contributed by atoms with E-state index < -0.39 is 0 Å². The van der Waals surface area contributed by atoms with Gasteiger partial charge in [-0.05, 0) is 152 Å². The van der Waals surface area contributed by atoms with E-state index in [1.54, 1.807) is 0 Å². The Hall–Kier alpha value is -9.06. The quantitative estimate of drug-likeness (QED) is 0.114. The number of anilines is 6. The normalized spacial score (nSPS) is 12.2. The third kappa shape index (κ3) is 14.3. The molecule has 508 valence electrons. The topological polar surface area (TPSA) is 67.9 Å². The van der Waals surface area contributed by atoms with Gasteiger partial charge in [0.15, 0.2) is 0 Å². The van der Waals surface area contributed by atoms with Gasteiger partial charge in [-0.15, -0.1) is 59.7 Å². The van der Waals surface area contributed by atoms with Crippen LogP contribution in [0.4, 0.5) is 34.4 Å². The first-order chi connectivity index (χ1) is 46.6. The van der Waals surface area contributed by atoms with E-state index in [2.05, 4.69) is 360 Å². The van der Waals surface area contributed by atoms with Crippen LogP contribution >= 0.6 is 0 Å². The van der Waals surface area contributed by atoms with E-state index in [-0.39, 0.29) is 74.6 Å². The van der Waals surface area contributed by atoms with Crippen molar-refractivity contribution >= 4 is 78.0 Å². The maximum Gasteiger partial charge on any atom is 2.00 e. The van der Waals surface area contributed by atoms with E-state index in [4.69, 9.17) is 19.9 Å². The maximum absolute atomic E-state index is 4.91. The molecular formula is C90H88N8Pt2. The van der Waals surface area contributed by atoms with Gasteiger partial charge in [0.2, 0.25) is 0 Å². The summed E-state index contributed by atoms with van der Waals surface area (Å²) in [4.78, 5) is 23.9. The van der Waals surface area contributed by atoms with Crippen LogP contribution in [0.5, 0.6) is 0 Å². The second kappa shape index (κ2) is 28.2. The summed E-state index contributed by atoms with van der Waals surface area (Å²) in [6.07, 6.45) is 7.71. The molecule has 0 bridgehead atoms. The standard InChI is InChI=1S/C48H43N5.C42H45N3.2Pt/c1-47(2,3)34-26-28-49-45(30-34)51(36-16-10-7-11-17-36)39-22-24-43-41(32-39)42-33-40(23-25-44(42)53(43)38-20-14-9-15-21-38)52(37-18-12-8-13-19-37)46-31-35(27-29-50-46)48(4,5)6;1-39(2,3)28-20-22-43-37(26-28)41(7,8)30-16-18-35-33(24-30)34-25-31(17-19-36(34)45(35)32-14-12-11-13-15-32)42(9,10)38-27-29(21-23-44-38)40(4,5)6;;/h7-31H,1-6H3;11-23,26-27H,1-10H3;;/q2*-2;2*+2. The van der Waals surface area contributed by atoms with Crippen LogP contribution in [0, 0.1) is 24.3 Å². The average molecular weight is 1670 g/mol. The number of pyridine rings is 4. The van der Waals surface area contributed by atoms with Crippen molar-refractivity contribution in [2.45, 2.75) is 143 Å². The van der Waals surface area contributed by atoms with Crippen LogP contribution < -0.4 is 9.80 Å². The van der Waals surface area contributed by atoms with Gasteiger partial charge < -0.3 is 18.9 Å². The number of hydrogen-bond acceptors (Lipinski definition) is 6. The van der Waals surface area contributed by atoms with E-state index >= 15 is 0 Å². The molecule has 0 atom stereocenters. The van der Waals surface area contributed by atoms with Gasteiger partial charge in [0.1, 0.15) is 11.6 Å². The molecule has 0 amide bonds. The summed E-state index contributed by atoms with van der Waals surface area (Å²) in [6.45, 7) is 35.9. The monoisotopic (exact) mass is 1670 g/mol. The molecule has 0 N–H and O–H groups in total. The number of hydrogen-bond donors (Lipinski definition) is 0. The molecule has 0 fully saturated rings. The minimum atomic E-state index is -0.342. The number of fused-ring (bicyclic) bond motifs is 6. The van der Waals surface area contributed by atoms with E-state index in [0.29, 0.717) is 0 Å². The summed E-state index contributed by atoms with van der Waals surface area (Å²) in [5, 5.41) is 4.09. The minimum Gasteiger partial charge on any atom is -0.409 e. The van der Waals surface area contributed by atoms with E-state index in [1.165, 1.54) is 22.3 Å². The van der Waals surface area contributed by atoms with Crippen LogP contribution in [0.3, 0.4) is 0 Å². The fourth-order valence-electron chi connectivity index (χ4n) is 13.1. The number of benzene rings is 8. The fourth-order valence-corrected chi connectivity index (χ4v) is 13.1. The van der Waals surface area contributed by atoms with E-state index in [9.17, 15) is 0 Å². The average Bonchev–Trinajstić information content (AvgIpc) is 1.58. The molecular weight excluding hydrogens is 1580 g/mol. The predicted molar refractivity (Wildman–Crippen MR) is 409 cm³/mol. The van der Waals surface area contributed by atoms with Crippen LogP contribution in [-0.2, 0) is 74.6 Å². The Morgan fingerprint density at radius 2 is 0.570 bits per heavy atom. The van der Waals surface area contributed by atoms with Crippen molar-refractivity contribution in [3.63, 3.8) is 0 Å². The maximum atomic E-state index is 4.91. The SMILES string of the molecule is CC(C)(C)c1ccnc(C(C)(C)c2[c-]c3c4[c-]c(C(C)(C)c5cc(C(C)(C)C)ccn5)ccc4n(-c4ccccc4)c3cc2)c1.CC(C)(C)c1ccnc(N(c2[c-]c3c4[c-]c(N(c5ccccc5)c5cc(C(C)(C)C)ccn5)ccc4n(-c4ccccc4)c3cc2)c2ccccc2)c1.[Pt+2].[Pt+2]. The first kappa shape index (κ1) is 72.2. The third-order valence-corrected chi connectivity index (χ3v) is 19.2. The Kier molecular flexibility index (Phi) is 20.3. The van der Waals surface area contributed by atoms with Crippen molar-refractivity contribution < 1.29 is 42.1 Å². The molecule has 10 heteroatoms. The Morgan fingerprint density at radius 3 is 0.890 bits per heavy atom. The van der Waals surface area contributed by atoms with Crippen molar-refractivity contribution in [3.8, 4) is 11.4 Å². The number of rotatable bonds is 12. The van der Waals surface area contributed by atoms with Crippen LogP contribution in [0.15, 0.2) is 243 Å². The van der Waals surface area contributed by atoms with Gasteiger partial charge in [-0.2, -0.15) is 35.0 Å². The number of para-hydroxylation sites is 4. The van der Waals surface area contributed by atoms with Crippen molar-refractivity contribution in [1.29, 1.82) is 0 Å². The van der Waals surface area contributed by atoms with Crippen LogP contribution in [-0.4, -0.2) is 29.1 Å². The van der Waals surface area contributed by atoms with Crippen molar-refractivity contribution in [2.24, 2.45) is 0 Å². The molecule has 0 saturated carbocycles. The Labute approximate surface area is 621 Å². The second-order valence-corrected chi connectivity index (χ2v) is 31.1. The zero-order chi connectivity index (χ0) is 69.1. The summed E-state index contributed by atoms with van der Waals surface area (Å²) >= 11 is 0. The van der Waals surface area contributed by atoms with Gasteiger partial charge in [-0.1, -0.05) is 206 Å². The smallest absolute Gasteiger partial charge is 0.409 e. The zero-order valence-electron chi connectivity index (χ0n) is 60.3.